The fourth-order valence-corrected chi connectivity index (χ4v) is 5.68. The molecule has 0 aromatic rings. The number of ether oxygens (including phenoxy) is 2. The zero-order valence-electron chi connectivity index (χ0n) is 24.0. The van der Waals surface area contributed by atoms with Crippen molar-refractivity contribution in [3.63, 3.8) is 0 Å². The molecule has 2 aliphatic rings. The van der Waals surface area contributed by atoms with Crippen LogP contribution in [0.5, 0.6) is 0 Å². The SMILES string of the molecule is CC1(C)CN([O])C(C)(C)CC1OC(=O)CCCCCCCCC(=O)OC1CC(C)(C)N([O])C(C)(C)C1. The van der Waals surface area contributed by atoms with E-state index in [0.717, 1.165) is 48.7 Å². The summed E-state index contributed by atoms with van der Waals surface area (Å²) >= 11 is 0. The van der Waals surface area contributed by atoms with Gasteiger partial charge in [0.15, 0.2) is 0 Å². The average molecular weight is 511 g/mol. The number of rotatable bonds is 11. The fourth-order valence-electron chi connectivity index (χ4n) is 5.68. The number of hydrogen-bond donors (Lipinski definition) is 0. The Labute approximate surface area is 218 Å². The quantitative estimate of drug-likeness (QED) is 0.258. The van der Waals surface area contributed by atoms with Crippen LogP contribution in [0.3, 0.4) is 0 Å². The van der Waals surface area contributed by atoms with E-state index in [4.69, 9.17) is 9.47 Å². The Morgan fingerprint density at radius 1 is 0.667 bits per heavy atom. The lowest BCUT2D eigenvalue weighted by Crippen LogP contribution is -2.60. The van der Waals surface area contributed by atoms with Crippen molar-refractivity contribution in [2.45, 2.75) is 155 Å². The highest BCUT2D eigenvalue weighted by atomic mass is 16.6. The molecule has 1 unspecified atom stereocenters. The van der Waals surface area contributed by atoms with E-state index in [1.54, 1.807) is 0 Å². The molecule has 208 valence electrons. The maximum Gasteiger partial charge on any atom is 0.306 e. The number of carbonyl (C=O) groups is 2. The molecule has 0 aromatic carbocycles. The lowest BCUT2D eigenvalue weighted by Gasteiger charge is -2.49. The van der Waals surface area contributed by atoms with Crippen LogP contribution in [0.15, 0.2) is 0 Å². The van der Waals surface area contributed by atoms with Gasteiger partial charge < -0.3 is 9.47 Å². The van der Waals surface area contributed by atoms with E-state index < -0.39 is 16.6 Å². The smallest absolute Gasteiger partial charge is 0.306 e. The summed E-state index contributed by atoms with van der Waals surface area (Å²) in [5.41, 5.74) is -1.96. The normalized spacial score (nSPS) is 25.9. The van der Waals surface area contributed by atoms with Gasteiger partial charge in [-0.15, -0.1) is 20.5 Å². The van der Waals surface area contributed by atoms with E-state index in [-0.39, 0.29) is 29.6 Å². The molecular weight excluding hydrogens is 460 g/mol. The molecule has 0 aliphatic carbocycles. The Morgan fingerprint density at radius 2 is 1.11 bits per heavy atom. The maximum atomic E-state index is 12.4. The van der Waals surface area contributed by atoms with Crippen molar-refractivity contribution in [1.82, 2.24) is 10.1 Å². The first-order chi connectivity index (χ1) is 16.5. The molecular formula is C28H50N2O6. The van der Waals surface area contributed by atoms with E-state index >= 15 is 0 Å². The average Bonchev–Trinajstić information content (AvgIpc) is 2.71. The monoisotopic (exact) mass is 510 g/mol. The molecule has 0 N–H and O–H groups in total. The molecule has 2 aliphatic heterocycles. The van der Waals surface area contributed by atoms with Crippen LogP contribution in [0, 0.1) is 5.41 Å². The zero-order chi connectivity index (χ0) is 27.4. The van der Waals surface area contributed by atoms with Gasteiger partial charge in [-0.25, -0.2) is 0 Å². The van der Waals surface area contributed by atoms with Crippen LogP contribution in [0.2, 0.25) is 0 Å². The van der Waals surface area contributed by atoms with Crippen molar-refractivity contribution >= 4 is 11.9 Å². The first-order valence-corrected chi connectivity index (χ1v) is 13.8. The predicted molar refractivity (Wildman–Crippen MR) is 136 cm³/mol. The summed E-state index contributed by atoms with van der Waals surface area (Å²) in [6.07, 6.45) is 7.51. The molecule has 8 heteroatoms. The Hall–Kier alpha value is -1.22. The minimum absolute atomic E-state index is 0.178. The molecule has 2 heterocycles. The van der Waals surface area contributed by atoms with Gasteiger partial charge in [-0.1, -0.05) is 39.5 Å². The third kappa shape index (κ3) is 8.67. The molecule has 36 heavy (non-hydrogen) atoms. The van der Waals surface area contributed by atoms with Gasteiger partial charge >= 0.3 is 11.9 Å². The molecule has 8 nitrogen and oxygen atoms in total. The van der Waals surface area contributed by atoms with Crippen LogP contribution in [0.25, 0.3) is 0 Å². The summed E-state index contributed by atoms with van der Waals surface area (Å²) in [6, 6.07) is 0. The van der Waals surface area contributed by atoms with E-state index in [2.05, 4.69) is 0 Å². The minimum Gasteiger partial charge on any atom is -0.462 e. The highest BCUT2D eigenvalue weighted by Crippen LogP contribution is 2.40. The number of hydroxylamine groups is 4. The standard InChI is InChI=1S/C28H50N2O6/c1-25(2)20-29(33)26(3,4)19-22(25)36-24(32)16-14-12-10-9-11-13-15-23(31)35-21-17-27(5,6)30(34)28(7,8)18-21/h21-22H,9-20H2,1-8H3. The molecule has 0 amide bonds. The van der Waals surface area contributed by atoms with Crippen LogP contribution in [0.4, 0.5) is 0 Å². The Balaban J connectivity index is 1.56. The second kappa shape index (κ2) is 12.1. The molecule has 0 bridgehead atoms. The van der Waals surface area contributed by atoms with Gasteiger partial charge in [-0.3, -0.25) is 9.59 Å². The summed E-state index contributed by atoms with van der Waals surface area (Å²) in [6.45, 7) is 15.7. The van der Waals surface area contributed by atoms with E-state index in [0.29, 0.717) is 38.6 Å². The minimum atomic E-state index is -0.541. The van der Waals surface area contributed by atoms with Crippen molar-refractivity contribution in [3.05, 3.63) is 0 Å². The lowest BCUT2D eigenvalue weighted by molar-refractivity contribution is -0.299. The number of piperidine rings is 2. The topological polar surface area (TPSA) is 98.9 Å². The van der Waals surface area contributed by atoms with E-state index in [1.807, 2.05) is 55.4 Å². The van der Waals surface area contributed by atoms with Gasteiger partial charge in [0, 0.05) is 60.7 Å². The van der Waals surface area contributed by atoms with Gasteiger partial charge in [0.1, 0.15) is 12.2 Å². The third-order valence-corrected chi connectivity index (χ3v) is 7.92. The third-order valence-electron chi connectivity index (χ3n) is 7.92. The summed E-state index contributed by atoms with van der Waals surface area (Å²) in [5.74, 6) is -0.359. The summed E-state index contributed by atoms with van der Waals surface area (Å²) < 4.78 is 11.5. The molecule has 0 saturated carbocycles. The van der Waals surface area contributed by atoms with Crippen LogP contribution in [-0.4, -0.2) is 57.4 Å². The van der Waals surface area contributed by atoms with Crippen LogP contribution < -0.4 is 0 Å². The van der Waals surface area contributed by atoms with Crippen LogP contribution >= 0.6 is 0 Å². The molecule has 2 fully saturated rings. The summed E-state index contributed by atoms with van der Waals surface area (Å²) in [7, 11) is 0. The van der Waals surface area contributed by atoms with E-state index in [9.17, 15) is 20.0 Å². The largest absolute Gasteiger partial charge is 0.462 e. The molecule has 1 atom stereocenters. The molecule has 2 radical (unpaired) electrons. The van der Waals surface area contributed by atoms with Gasteiger partial charge in [-0.05, 0) is 54.4 Å². The first-order valence-electron chi connectivity index (χ1n) is 13.8. The number of unbranched alkanes of at least 4 members (excludes halogenated alkanes) is 5. The Morgan fingerprint density at radius 3 is 1.61 bits per heavy atom. The fraction of sp³-hybridized carbons (Fsp3) is 0.929. The van der Waals surface area contributed by atoms with Crippen molar-refractivity contribution in [2.75, 3.05) is 6.54 Å². The number of carbonyl (C=O) groups excluding carboxylic acids is 2. The molecule has 0 aromatic heterocycles. The highest BCUT2D eigenvalue weighted by Gasteiger charge is 2.48. The number of hydrogen-bond acceptors (Lipinski definition) is 6. The molecule has 0 spiro atoms. The van der Waals surface area contributed by atoms with Gasteiger partial charge in [0.05, 0.1) is 0 Å². The second-order valence-corrected chi connectivity index (χ2v) is 13.6. The van der Waals surface area contributed by atoms with Gasteiger partial charge in [0.25, 0.3) is 0 Å². The lowest BCUT2D eigenvalue weighted by atomic mass is 9.75. The Kier molecular flexibility index (Phi) is 10.4. The van der Waals surface area contributed by atoms with Gasteiger partial charge in [-0.2, -0.15) is 0 Å². The van der Waals surface area contributed by atoms with Crippen LogP contribution in [-0.2, 0) is 29.5 Å². The van der Waals surface area contributed by atoms with Crippen molar-refractivity contribution in [3.8, 4) is 0 Å². The number of esters is 2. The van der Waals surface area contributed by atoms with Gasteiger partial charge in [0.2, 0.25) is 0 Å². The molecule has 2 saturated heterocycles. The highest BCUT2D eigenvalue weighted by molar-refractivity contribution is 5.70. The molecule has 2 rings (SSSR count). The second-order valence-electron chi connectivity index (χ2n) is 13.6. The van der Waals surface area contributed by atoms with Crippen molar-refractivity contribution < 1.29 is 29.5 Å². The van der Waals surface area contributed by atoms with Crippen molar-refractivity contribution in [1.29, 1.82) is 0 Å². The maximum absolute atomic E-state index is 12.4. The Bertz CT molecular complexity index is 730. The first kappa shape index (κ1) is 31.0. The summed E-state index contributed by atoms with van der Waals surface area (Å²) in [4.78, 5) is 24.7. The van der Waals surface area contributed by atoms with Crippen LogP contribution in [0.1, 0.15) is 126 Å². The van der Waals surface area contributed by atoms with E-state index in [1.165, 1.54) is 0 Å². The zero-order valence-corrected chi connectivity index (χ0v) is 24.0. The summed E-state index contributed by atoms with van der Waals surface area (Å²) in [5, 5.41) is 26.9. The predicted octanol–water partition coefficient (Wildman–Crippen LogP) is 5.79. The van der Waals surface area contributed by atoms with Crippen molar-refractivity contribution in [2.24, 2.45) is 5.41 Å². The number of nitrogens with zero attached hydrogens (tertiary/aromatic N) is 2.